The molecule has 0 saturated heterocycles. The first-order chi connectivity index (χ1) is 6.68. The first-order valence-electron chi connectivity index (χ1n) is 5.59. The van der Waals surface area contributed by atoms with Crippen molar-refractivity contribution in [2.75, 3.05) is 0 Å². The van der Waals surface area contributed by atoms with Crippen LogP contribution in [0.1, 0.15) is 25.7 Å². The van der Waals surface area contributed by atoms with Gasteiger partial charge in [0.25, 0.3) is 0 Å². The zero-order valence-electron chi connectivity index (χ0n) is 8.10. The van der Waals surface area contributed by atoms with Crippen LogP contribution in [0, 0.1) is 29.6 Å². The highest BCUT2D eigenvalue weighted by molar-refractivity contribution is 7.81. The summed E-state index contributed by atoms with van der Waals surface area (Å²) in [5.41, 5.74) is 0. The molecule has 78 valence electrons. The second-order valence-electron chi connectivity index (χ2n) is 5.23. The van der Waals surface area contributed by atoms with Gasteiger partial charge in [-0.1, -0.05) is 0 Å². The topological polar surface area (TPSA) is 37.3 Å². The van der Waals surface area contributed by atoms with Gasteiger partial charge in [-0.15, -0.1) is 0 Å². The maximum absolute atomic E-state index is 11.2. The van der Waals surface area contributed by atoms with Crippen molar-refractivity contribution in [3.05, 3.63) is 0 Å². The Kier molecular flexibility index (Phi) is 1.88. The number of thiol groups is 1. The number of aliphatic carboxylic acids is 1. The number of carboxylic acids is 1. The molecule has 0 aromatic rings. The minimum absolute atomic E-state index is 0.113. The van der Waals surface area contributed by atoms with Gasteiger partial charge in [-0.3, -0.25) is 4.79 Å². The minimum Gasteiger partial charge on any atom is -0.481 e. The average molecular weight is 212 g/mol. The first-order valence-corrected chi connectivity index (χ1v) is 6.11. The molecule has 4 fully saturated rings. The van der Waals surface area contributed by atoms with Gasteiger partial charge in [0.05, 0.1) is 5.92 Å². The SMILES string of the molecule is O=C(O)C1C2CCC3CC2C3C[C@H]1S. The van der Waals surface area contributed by atoms with Gasteiger partial charge < -0.3 is 5.11 Å². The molecule has 3 heteroatoms. The van der Waals surface area contributed by atoms with Crippen molar-refractivity contribution >= 4 is 18.6 Å². The van der Waals surface area contributed by atoms with E-state index in [-0.39, 0.29) is 11.2 Å². The van der Waals surface area contributed by atoms with Crippen LogP contribution in [0.25, 0.3) is 0 Å². The molecule has 6 atom stereocenters. The van der Waals surface area contributed by atoms with E-state index >= 15 is 0 Å². The normalized spacial score (nSPS) is 54.9. The van der Waals surface area contributed by atoms with Crippen LogP contribution in [0.3, 0.4) is 0 Å². The molecule has 5 unspecified atom stereocenters. The molecule has 4 rings (SSSR count). The number of hydrogen-bond donors (Lipinski definition) is 2. The summed E-state index contributed by atoms with van der Waals surface area (Å²) in [6.07, 6.45) is 4.77. The van der Waals surface area contributed by atoms with Crippen LogP contribution in [0.5, 0.6) is 0 Å². The van der Waals surface area contributed by atoms with Crippen LogP contribution in [0.4, 0.5) is 0 Å². The zero-order chi connectivity index (χ0) is 9.87. The Bertz CT molecular complexity index is 276. The first kappa shape index (κ1) is 9.08. The van der Waals surface area contributed by atoms with E-state index in [4.69, 9.17) is 0 Å². The third kappa shape index (κ3) is 1.02. The number of fused-ring (bicyclic) bond motifs is 1. The molecule has 0 amide bonds. The van der Waals surface area contributed by atoms with E-state index in [0.29, 0.717) is 5.92 Å². The van der Waals surface area contributed by atoms with E-state index in [2.05, 4.69) is 12.6 Å². The number of carbonyl (C=O) groups is 1. The molecule has 0 spiro atoms. The molecule has 1 N–H and O–H groups in total. The lowest BCUT2D eigenvalue weighted by molar-refractivity contribution is -0.157. The maximum Gasteiger partial charge on any atom is 0.307 e. The Hall–Kier alpha value is -0.180. The summed E-state index contributed by atoms with van der Waals surface area (Å²) in [5, 5.41) is 9.32. The van der Waals surface area contributed by atoms with E-state index in [1.165, 1.54) is 12.8 Å². The van der Waals surface area contributed by atoms with Gasteiger partial charge in [0, 0.05) is 5.25 Å². The minimum atomic E-state index is -0.612. The van der Waals surface area contributed by atoms with Crippen molar-refractivity contribution in [2.45, 2.75) is 30.9 Å². The highest BCUT2D eigenvalue weighted by atomic mass is 32.1. The standard InChI is InChI=1S/C11H16O2S/c12-11(13)10-6-2-1-5-3-8(6)7(5)4-9(10)14/h5-10,14H,1-4H2,(H,12,13)/t5?,6?,7?,8?,9-,10?/m1/s1. The molecule has 0 aliphatic heterocycles. The predicted molar refractivity (Wildman–Crippen MR) is 56.3 cm³/mol. The van der Waals surface area contributed by atoms with Crippen LogP contribution >= 0.6 is 12.6 Å². The van der Waals surface area contributed by atoms with E-state index in [0.717, 1.165) is 30.6 Å². The summed E-state index contributed by atoms with van der Waals surface area (Å²) >= 11 is 4.48. The highest BCUT2D eigenvalue weighted by Gasteiger charge is 2.57. The van der Waals surface area contributed by atoms with Crippen molar-refractivity contribution in [2.24, 2.45) is 29.6 Å². The van der Waals surface area contributed by atoms with E-state index in [9.17, 15) is 9.90 Å². The van der Waals surface area contributed by atoms with Gasteiger partial charge in [0.15, 0.2) is 0 Å². The van der Waals surface area contributed by atoms with E-state index < -0.39 is 5.97 Å². The second-order valence-corrected chi connectivity index (χ2v) is 5.90. The summed E-state index contributed by atoms with van der Waals surface area (Å²) in [7, 11) is 0. The van der Waals surface area contributed by atoms with Crippen LogP contribution in [-0.4, -0.2) is 16.3 Å². The van der Waals surface area contributed by atoms with Crippen molar-refractivity contribution in [3.63, 3.8) is 0 Å². The maximum atomic E-state index is 11.2. The molecule has 0 heterocycles. The van der Waals surface area contributed by atoms with Crippen LogP contribution in [0.15, 0.2) is 0 Å². The fourth-order valence-electron chi connectivity index (χ4n) is 4.17. The lowest BCUT2D eigenvalue weighted by atomic mass is 9.46. The Morgan fingerprint density at radius 3 is 2.57 bits per heavy atom. The third-order valence-corrected chi connectivity index (χ3v) is 5.36. The molecule has 2 nitrogen and oxygen atoms in total. The monoisotopic (exact) mass is 212 g/mol. The smallest absolute Gasteiger partial charge is 0.307 e. The number of carboxylic acid groups (broad SMARTS) is 1. The molecule has 4 aliphatic rings. The van der Waals surface area contributed by atoms with Crippen molar-refractivity contribution in [3.8, 4) is 0 Å². The largest absolute Gasteiger partial charge is 0.481 e. The van der Waals surface area contributed by atoms with Gasteiger partial charge in [-0.25, -0.2) is 0 Å². The lowest BCUT2D eigenvalue weighted by Crippen LogP contribution is -2.56. The quantitative estimate of drug-likeness (QED) is 0.653. The molecule has 0 radical (unpaired) electrons. The molecule has 4 aliphatic carbocycles. The summed E-state index contributed by atoms with van der Waals surface area (Å²) < 4.78 is 0. The Labute approximate surface area is 89.5 Å². The van der Waals surface area contributed by atoms with Gasteiger partial charge >= 0.3 is 5.97 Å². The van der Waals surface area contributed by atoms with Gasteiger partial charge in [0.1, 0.15) is 0 Å². The van der Waals surface area contributed by atoms with Crippen molar-refractivity contribution in [1.82, 2.24) is 0 Å². The van der Waals surface area contributed by atoms with Crippen LogP contribution < -0.4 is 0 Å². The average Bonchev–Trinajstić information content (AvgIpc) is 2.12. The van der Waals surface area contributed by atoms with E-state index in [1.807, 2.05) is 0 Å². The number of rotatable bonds is 1. The molecule has 14 heavy (non-hydrogen) atoms. The fraction of sp³-hybridized carbons (Fsp3) is 0.909. The molecule has 0 aromatic heterocycles. The highest BCUT2D eigenvalue weighted by Crippen LogP contribution is 2.61. The Balaban J connectivity index is 1.88. The lowest BCUT2D eigenvalue weighted by Gasteiger charge is -2.60. The predicted octanol–water partition coefficient (Wildman–Crippen LogP) is 2.05. The zero-order valence-corrected chi connectivity index (χ0v) is 8.99. The van der Waals surface area contributed by atoms with E-state index in [1.54, 1.807) is 0 Å². The molecule has 4 saturated carbocycles. The van der Waals surface area contributed by atoms with Crippen molar-refractivity contribution in [1.29, 1.82) is 0 Å². The third-order valence-electron chi connectivity index (χ3n) is 4.83. The molecule has 0 aromatic carbocycles. The summed E-state index contributed by atoms with van der Waals surface area (Å²) in [6.45, 7) is 0. The van der Waals surface area contributed by atoms with Gasteiger partial charge in [0.2, 0.25) is 0 Å². The van der Waals surface area contributed by atoms with Crippen LogP contribution in [-0.2, 0) is 4.79 Å². The fourth-order valence-corrected chi connectivity index (χ4v) is 4.76. The molecular weight excluding hydrogens is 196 g/mol. The Morgan fingerprint density at radius 2 is 1.93 bits per heavy atom. The number of hydrogen-bond acceptors (Lipinski definition) is 2. The summed E-state index contributed by atoms with van der Waals surface area (Å²) in [4.78, 5) is 11.2. The summed E-state index contributed by atoms with van der Waals surface area (Å²) in [5.74, 6) is 2.14. The Morgan fingerprint density at radius 1 is 1.14 bits per heavy atom. The van der Waals surface area contributed by atoms with Gasteiger partial charge in [-0.2, -0.15) is 12.6 Å². The van der Waals surface area contributed by atoms with Crippen molar-refractivity contribution < 1.29 is 9.90 Å². The van der Waals surface area contributed by atoms with Gasteiger partial charge in [-0.05, 0) is 49.4 Å². The molecular formula is C11H16O2S. The van der Waals surface area contributed by atoms with Crippen LogP contribution in [0.2, 0.25) is 0 Å². The molecule has 4 bridgehead atoms. The summed E-state index contributed by atoms with van der Waals surface area (Å²) in [6, 6.07) is 0. The second kappa shape index (κ2) is 2.91.